The van der Waals surface area contributed by atoms with E-state index in [2.05, 4.69) is 29.4 Å². The lowest BCUT2D eigenvalue weighted by Gasteiger charge is -2.13. The van der Waals surface area contributed by atoms with Gasteiger partial charge in [-0.3, -0.25) is 18.6 Å². The van der Waals surface area contributed by atoms with Crippen LogP contribution in [0, 0.1) is 5.92 Å². The number of hydrogen-bond donors (Lipinski definition) is 1. The smallest absolute Gasteiger partial charge is 0.262 e. The molecule has 4 rings (SSSR count). The molecular formula is C21H23N5O3. The second-order valence-electron chi connectivity index (χ2n) is 7.43. The normalized spacial score (nSPS) is 11.6. The van der Waals surface area contributed by atoms with Gasteiger partial charge in [0.25, 0.3) is 5.56 Å². The molecule has 0 unspecified atom stereocenters. The van der Waals surface area contributed by atoms with Gasteiger partial charge in [0.2, 0.25) is 11.7 Å². The van der Waals surface area contributed by atoms with Crippen molar-refractivity contribution in [1.82, 2.24) is 24.5 Å². The van der Waals surface area contributed by atoms with Crippen molar-refractivity contribution < 1.29 is 9.21 Å². The van der Waals surface area contributed by atoms with Gasteiger partial charge in [-0.15, -0.1) is 10.2 Å². The van der Waals surface area contributed by atoms with E-state index in [9.17, 15) is 9.59 Å². The first-order chi connectivity index (χ1) is 14.0. The van der Waals surface area contributed by atoms with Crippen LogP contribution in [0.2, 0.25) is 0 Å². The Morgan fingerprint density at radius 3 is 2.76 bits per heavy atom. The van der Waals surface area contributed by atoms with Gasteiger partial charge in [-0.05, 0) is 30.2 Å². The molecule has 0 aliphatic rings. The van der Waals surface area contributed by atoms with Gasteiger partial charge in [-0.1, -0.05) is 26.0 Å². The maximum absolute atomic E-state index is 13.0. The van der Waals surface area contributed by atoms with Gasteiger partial charge in [0, 0.05) is 19.4 Å². The van der Waals surface area contributed by atoms with E-state index in [1.807, 2.05) is 34.7 Å². The number of aryl methyl sites for hydroxylation is 1. The highest BCUT2D eigenvalue weighted by atomic mass is 16.3. The molecule has 0 bridgehead atoms. The summed E-state index contributed by atoms with van der Waals surface area (Å²) in [7, 11) is 0. The maximum Gasteiger partial charge on any atom is 0.262 e. The van der Waals surface area contributed by atoms with Crippen LogP contribution in [0.15, 0.2) is 51.9 Å². The van der Waals surface area contributed by atoms with E-state index >= 15 is 0 Å². The van der Waals surface area contributed by atoms with E-state index in [1.54, 1.807) is 16.9 Å². The molecule has 3 heterocycles. The SMILES string of the molecule is CC(C)Cn1c(=O)c2ccccc2n2c(CCC(=O)NCc3ccco3)nnc12. The number of rotatable bonds is 7. The van der Waals surface area contributed by atoms with E-state index < -0.39 is 0 Å². The number of nitrogens with one attached hydrogen (secondary N) is 1. The number of amides is 1. The molecule has 29 heavy (non-hydrogen) atoms. The van der Waals surface area contributed by atoms with Crippen molar-refractivity contribution in [1.29, 1.82) is 0 Å². The fraction of sp³-hybridized carbons (Fsp3) is 0.333. The quantitative estimate of drug-likeness (QED) is 0.521. The predicted octanol–water partition coefficient (Wildman–Crippen LogP) is 2.54. The fourth-order valence-corrected chi connectivity index (χ4v) is 3.42. The minimum absolute atomic E-state index is 0.0723. The van der Waals surface area contributed by atoms with Crippen LogP contribution in [0.5, 0.6) is 0 Å². The van der Waals surface area contributed by atoms with Gasteiger partial charge in [0.15, 0.2) is 0 Å². The Morgan fingerprint density at radius 2 is 2.00 bits per heavy atom. The standard InChI is InChI=1S/C21H23N5O3/c1-14(2)13-25-20(28)16-7-3-4-8-17(16)26-18(23-24-21(25)26)9-10-19(27)22-12-15-6-5-11-29-15/h3-8,11,14H,9-10,12-13H2,1-2H3,(H,22,27). The van der Waals surface area contributed by atoms with Crippen LogP contribution in [-0.2, 0) is 24.3 Å². The Morgan fingerprint density at radius 1 is 1.17 bits per heavy atom. The third-order valence-electron chi connectivity index (χ3n) is 4.74. The molecule has 0 saturated carbocycles. The summed E-state index contributed by atoms with van der Waals surface area (Å²) in [6.45, 7) is 5.01. The Kier molecular flexibility index (Phi) is 5.16. The molecule has 1 N–H and O–H groups in total. The molecule has 1 aromatic carbocycles. The van der Waals surface area contributed by atoms with Crippen molar-refractivity contribution in [2.24, 2.45) is 5.92 Å². The fourth-order valence-electron chi connectivity index (χ4n) is 3.42. The largest absolute Gasteiger partial charge is 0.467 e. The van der Waals surface area contributed by atoms with Gasteiger partial charge < -0.3 is 9.73 Å². The molecule has 0 atom stereocenters. The Hall–Kier alpha value is -3.42. The van der Waals surface area contributed by atoms with Crippen molar-refractivity contribution >= 4 is 22.6 Å². The Labute approximate surface area is 167 Å². The summed E-state index contributed by atoms with van der Waals surface area (Å²) in [4.78, 5) is 25.2. The van der Waals surface area contributed by atoms with Gasteiger partial charge in [-0.2, -0.15) is 0 Å². The van der Waals surface area contributed by atoms with Gasteiger partial charge in [0.1, 0.15) is 11.6 Å². The van der Waals surface area contributed by atoms with Crippen molar-refractivity contribution in [2.45, 2.75) is 39.8 Å². The number of para-hydroxylation sites is 1. The first-order valence-electron chi connectivity index (χ1n) is 9.69. The maximum atomic E-state index is 13.0. The zero-order valence-electron chi connectivity index (χ0n) is 16.5. The summed E-state index contributed by atoms with van der Waals surface area (Å²) in [6, 6.07) is 11.0. The number of aromatic nitrogens is 4. The summed E-state index contributed by atoms with van der Waals surface area (Å²) in [5, 5.41) is 12.0. The molecule has 0 radical (unpaired) electrons. The molecule has 8 heteroatoms. The number of carbonyl (C=O) groups is 1. The lowest BCUT2D eigenvalue weighted by molar-refractivity contribution is -0.121. The monoisotopic (exact) mass is 393 g/mol. The predicted molar refractivity (Wildman–Crippen MR) is 108 cm³/mol. The molecule has 4 aromatic rings. The molecular weight excluding hydrogens is 370 g/mol. The van der Waals surface area contributed by atoms with Crippen molar-refractivity contribution in [3.63, 3.8) is 0 Å². The van der Waals surface area contributed by atoms with E-state index in [0.717, 1.165) is 5.52 Å². The zero-order valence-corrected chi connectivity index (χ0v) is 16.5. The lowest BCUT2D eigenvalue weighted by Crippen LogP contribution is -2.26. The number of fused-ring (bicyclic) bond motifs is 3. The average Bonchev–Trinajstić information content (AvgIpc) is 3.37. The molecule has 8 nitrogen and oxygen atoms in total. The van der Waals surface area contributed by atoms with Crippen molar-refractivity contribution in [3.05, 3.63) is 64.6 Å². The molecule has 1 amide bonds. The Bertz CT molecular complexity index is 1200. The number of benzene rings is 1. The zero-order chi connectivity index (χ0) is 20.4. The molecule has 150 valence electrons. The number of furan rings is 1. The molecule has 0 aliphatic carbocycles. The second kappa shape index (κ2) is 7.90. The third-order valence-corrected chi connectivity index (χ3v) is 4.74. The molecule has 0 fully saturated rings. The van der Waals surface area contributed by atoms with Crippen LogP contribution < -0.4 is 10.9 Å². The van der Waals surface area contributed by atoms with Crippen molar-refractivity contribution in [3.8, 4) is 0 Å². The first kappa shape index (κ1) is 18.9. The van der Waals surface area contributed by atoms with Crippen LogP contribution in [0.4, 0.5) is 0 Å². The summed E-state index contributed by atoms with van der Waals surface area (Å²) in [5.41, 5.74) is 0.681. The van der Waals surface area contributed by atoms with E-state index in [0.29, 0.717) is 42.3 Å². The van der Waals surface area contributed by atoms with Gasteiger partial charge >= 0.3 is 0 Å². The minimum Gasteiger partial charge on any atom is -0.467 e. The minimum atomic E-state index is -0.0991. The van der Waals surface area contributed by atoms with E-state index in [1.165, 1.54) is 0 Å². The summed E-state index contributed by atoms with van der Waals surface area (Å²) < 4.78 is 8.78. The summed E-state index contributed by atoms with van der Waals surface area (Å²) >= 11 is 0. The highest BCUT2D eigenvalue weighted by Gasteiger charge is 2.17. The molecule has 0 spiro atoms. The van der Waals surface area contributed by atoms with Crippen LogP contribution in [0.3, 0.4) is 0 Å². The summed E-state index contributed by atoms with van der Waals surface area (Å²) in [5.74, 6) is 2.05. The van der Waals surface area contributed by atoms with Crippen LogP contribution in [0.25, 0.3) is 16.7 Å². The van der Waals surface area contributed by atoms with Crippen LogP contribution in [0.1, 0.15) is 31.9 Å². The molecule has 3 aromatic heterocycles. The number of carbonyl (C=O) groups excluding carboxylic acids is 1. The summed E-state index contributed by atoms with van der Waals surface area (Å²) in [6.07, 6.45) is 2.25. The Balaban J connectivity index is 1.64. The van der Waals surface area contributed by atoms with E-state index in [-0.39, 0.29) is 23.8 Å². The lowest BCUT2D eigenvalue weighted by atomic mass is 10.2. The second-order valence-corrected chi connectivity index (χ2v) is 7.43. The highest BCUT2D eigenvalue weighted by Crippen LogP contribution is 2.16. The van der Waals surface area contributed by atoms with Gasteiger partial charge in [-0.25, -0.2) is 0 Å². The average molecular weight is 393 g/mol. The van der Waals surface area contributed by atoms with Crippen LogP contribution in [-0.4, -0.2) is 25.1 Å². The topological polar surface area (TPSA) is 94.4 Å². The third kappa shape index (κ3) is 3.78. The highest BCUT2D eigenvalue weighted by molar-refractivity contribution is 5.80. The van der Waals surface area contributed by atoms with Crippen molar-refractivity contribution in [2.75, 3.05) is 0 Å². The number of hydrogen-bond acceptors (Lipinski definition) is 5. The molecule has 0 aliphatic heterocycles. The van der Waals surface area contributed by atoms with Gasteiger partial charge in [0.05, 0.1) is 23.7 Å². The van der Waals surface area contributed by atoms with E-state index in [4.69, 9.17) is 4.42 Å². The first-order valence-corrected chi connectivity index (χ1v) is 9.69. The number of nitrogens with zero attached hydrogens (tertiary/aromatic N) is 4. The molecule has 0 saturated heterocycles. The van der Waals surface area contributed by atoms with Crippen LogP contribution >= 0.6 is 0 Å².